The standard InChI is InChI=1S/C21H26FNO6/c1-5-28-17(25)9-7-12(2)6-8-14-19(23-16(24)10-22)18-15(11-29-21(18)26)13(3)20(14)27-4/h6H,5,7-11H2,1-4H3,(H,23,24). The Morgan fingerprint density at radius 2 is 2.03 bits per heavy atom. The molecule has 1 amide bonds. The third-order valence-electron chi connectivity index (χ3n) is 4.75. The molecule has 0 fully saturated rings. The molecule has 0 saturated carbocycles. The first-order chi connectivity index (χ1) is 13.8. The number of ether oxygens (including phenoxy) is 3. The Hall–Kier alpha value is -2.90. The molecule has 0 atom stereocenters. The fraction of sp³-hybridized carbons (Fsp3) is 0.476. The van der Waals surface area contributed by atoms with Gasteiger partial charge in [-0.15, -0.1) is 0 Å². The molecule has 29 heavy (non-hydrogen) atoms. The molecule has 8 heteroatoms. The van der Waals surface area contributed by atoms with Gasteiger partial charge in [0.2, 0.25) is 0 Å². The highest BCUT2D eigenvalue weighted by molar-refractivity contribution is 6.06. The highest BCUT2D eigenvalue weighted by Gasteiger charge is 2.32. The monoisotopic (exact) mass is 407 g/mol. The maximum Gasteiger partial charge on any atom is 0.341 e. The number of anilines is 1. The van der Waals surface area contributed by atoms with Gasteiger partial charge in [0.15, 0.2) is 6.67 Å². The van der Waals surface area contributed by atoms with E-state index in [2.05, 4.69) is 5.32 Å². The van der Waals surface area contributed by atoms with Crippen molar-refractivity contribution < 1.29 is 33.0 Å². The van der Waals surface area contributed by atoms with Crippen LogP contribution < -0.4 is 10.1 Å². The molecule has 0 bridgehead atoms. The van der Waals surface area contributed by atoms with E-state index in [-0.39, 0.29) is 30.2 Å². The second-order valence-corrected chi connectivity index (χ2v) is 6.68. The van der Waals surface area contributed by atoms with E-state index in [1.54, 1.807) is 13.8 Å². The summed E-state index contributed by atoms with van der Waals surface area (Å²) in [5.41, 5.74) is 3.29. The number of esters is 2. The molecular formula is C21H26FNO6. The van der Waals surface area contributed by atoms with Gasteiger partial charge in [0.25, 0.3) is 5.91 Å². The summed E-state index contributed by atoms with van der Waals surface area (Å²) >= 11 is 0. The SMILES string of the molecule is CCOC(=O)CCC(C)=CCc1c(NC(=O)CF)c2c(c(C)c1OC)COC2=O. The number of cyclic esters (lactones) is 1. The van der Waals surface area contributed by atoms with Crippen LogP contribution in [0.2, 0.25) is 0 Å². The number of halogens is 1. The van der Waals surface area contributed by atoms with Gasteiger partial charge in [-0.1, -0.05) is 11.6 Å². The third-order valence-corrected chi connectivity index (χ3v) is 4.75. The molecule has 2 rings (SSSR count). The van der Waals surface area contributed by atoms with Gasteiger partial charge in [-0.05, 0) is 39.2 Å². The van der Waals surface area contributed by atoms with Crippen molar-refractivity contribution in [3.8, 4) is 5.75 Å². The van der Waals surface area contributed by atoms with Crippen LogP contribution in [0, 0.1) is 6.92 Å². The number of allylic oxidation sites excluding steroid dienone is 2. The van der Waals surface area contributed by atoms with E-state index in [1.807, 2.05) is 13.0 Å². The Bertz CT molecular complexity index is 846. The molecule has 1 aromatic rings. The summed E-state index contributed by atoms with van der Waals surface area (Å²) in [7, 11) is 1.49. The number of rotatable bonds is 9. The largest absolute Gasteiger partial charge is 0.496 e. The van der Waals surface area contributed by atoms with Gasteiger partial charge in [-0.2, -0.15) is 0 Å². The van der Waals surface area contributed by atoms with Gasteiger partial charge in [0.1, 0.15) is 12.4 Å². The van der Waals surface area contributed by atoms with Gasteiger partial charge in [0.05, 0.1) is 25.0 Å². The minimum atomic E-state index is -1.21. The maximum atomic E-state index is 12.9. The Morgan fingerprint density at radius 3 is 2.66 bits per heavy atom. The average molecular weight is 407 g/mol. The summed E-state index contributed by atoms with van der Waals surface area (Å²) in [6.45, 7) is 4.63. The van der Waals surface area contributed by atoms with Crippen LogP contribution in [0.25, 0.3) is 0 Å². The van der Waals surface area contributed by atoms with Crippen LogP contribution in [0.3, 0.4) is 0 Å². The summed E-state index contributed by atoms with van der Waals surface area (Å²) in [6, 6.07) is 0. The van der Waals surface area contributed by atoms with Gasteiger partial charge < -0.3 is 19.5 Å². The zero-order chi connectivity index (χ0) is 21.6. The molecule has 1 aliphatic rings. The highest BCUT2D eigenvalue weighted by atomic mass is 19.1. The van der Waals surface area contributed by atoms with Crippen LogP contribution in [0.15, 0.2) is 11.6 Å². The second-order valence-electron chi connectivity index (χ2n) is 6.68. The minimum absolute atomic E-state index is 0.0730. The molecule has 1 aromatic carbocycles. The summed E-state index contributed by atoms with van der Waals surface area (Å²) < 4.78 is 28.4. The molecule has 0 aliphatic carbocycles. The van der Waals surface area contributed by atoms with Crippen LogP contribution in [0.5, 0.6) is 5.75 Å². The van der Waals surface area contributed by atoms with Gasteiger partial charge >= 0.3 is 11.9 Å². The van der Waals surface area contributed by atoms with Crippen molar-refractivity contribution in [2.45, 2.75) is 46.6 Å². The number of nitrogens with one attached hydrogen (secondary N) is 1. The number of amides is 1. The van der Waals surface area contributed by atoms with Crippen molar-refractivity contribution in [1.82, 2.24) is 0 Å². The lowest BCUT2D eigenvalue weighted by atomic mass is 9.93. The molecule has 1 aliphatic heterocycles. The van der Waals surface area contributed by atoms with Crippen molar-refractivity contribution in [1.29, 1.82) is 0 Å². The molecular weight excluding hydrogens is 381 g/mol. The normalized spacial score (nSPS) is 13.0. The van der Waals surface area contributed by atoms with Gasteiger partial charge in [0, 0.05) is 17.5 Å². The molecule has 0 unspecified atom stereocenters. The second kappa shape index (κ2) is 10.0. The van der Waals surface area contributed by atoms with E-state index in [0.717, 1.165) is 11.1 Å². The Morgan fingerprint density at radius 1 is 1.31 bits per heavy atom. The number of fused-ring (bicyclic) bond motifs is 1. The Labute approximate surface area is 169 Å². The fourth-order valence-corrected chi connectivity index (χ4v) is 3.27. The number of alkyl halides is 1. The van der Waals surface area contributed by atoms with Gasteiger partial charge in [-0.25, -0.2) is 9.18 Å². The number of hydrogen-bond acceptors (Lipinski definition) is 6. The van der Waals surface area contributed by atoms with Crippen molar-refractivity contribution in [3.63, 3.8) is 0 Å². The topological polar surface area (TPSA) is 90.9 Å². The van der Waals surface area contributed by atoms with Crippen LogP contribution in [-0.4, -0.2) is 38.2 Å². The van der Waals surface area contributed by atoms with Crippen molar-refractivity contribution in [2.75, 3.05) is 25.7 Å². The van der Waals surface area contributed by atoms with Crippen molar-refractivity contribution >= 4 is 23.5 Å². The Balaban J connectivity index is 2.41. The quantitative estimate of drug-likeness (QED) is 0.498. The minimum Gasteiger partial charge on any atom is -0.496 e. The summed E-state index contributed by atoms with van der Waals surface area (Å²) in [6.07, 6.45) is 2.98. The van der Waals surface area contributed by atoms with Crippen molar-refractivity contribution in [2.24, 2.45) is 0 Å². The first-order valence-electron chi connectivity index (χ1n) is 9.40. The molecule has 0 aromatic heterocycles. The fourth-order valence-electron chi connectivity index (χ4n) is 3.27. The Kier molecular flexibility index (Phi) is 7.75. The molecule has 7 nitrogen and oxygen atoms in total. The van der Waals surface area contributed by atoms with Crippen LogP contribution in [0.4, 0.5) is 10.1 Å². The molecule has 0 saturated heterocycles. The lowest BCUT2D eigenvalue weighted by molar-refractivity contribution is -0.143. The highest BCUT2D eigenvalue weighted by Crippen LogP contribution is 2.41. The van der Waals surface area contributed by atoms with E-state index >= 15 is 0 Å². The van der Waals surface area contributed by atoms with Crippen LogP contribution in [0.1, 0.15) is 53.7 Å². The van der Waals surface area contributed by atoms with E-state index < -0.39 is 18.6 Å². The molecule has 0 spiro atoms. The van der Waals surface area contributed by atoms with E-state index in [1.165, 1.54) is 7.11 Å². The first kappa shape index (κ1) is 22.4. The molecule has 1 heterocycles. The lowest BCUT2D eigenvalue weighted by Gasteiger charge is -2.19. The summed E-state index contributed by atoms with van der Waals surface area (Å²) in [5.74, 6) is -1.19. The zero-order valence-electron chi connectivity index (χ0n) is 17.1. The maximum absolute atomic E-state index is 12.9. The first-order valence-corrected chi connectivity index (χ1v) is 9.40. The smallest absolute Gasteiger partial charge is 0.341 e. The van der Waals surface area contributed by atoms with Gasteiger partial charge in [-0.3, -0.25) is 9.59 Å². The summed E-state index contributed by atoms with van der Waals surface area (Å²) in [4.78, 5) is 35.6. The average Bonchev–Trinajstić information content (AvgIpc) is 3.09. The predicted molar refractivity (Wildman–Crippen MR) is 105 cm³/mol. The van der Waals surface area contributed by atoms with Crippen LogP contribution >= 0.6 is 0 Å². The molecule has 158 valence electrons. The number of benzene rings is 1. The lowest BCUT2D eigenvalue weighted by Crippen LogP contribution is -2.18. The van der Waals surface area contributed by atoms with Crippen LogP contribution in [-0.2, 0) is 32.1 Å². The number of carbonyl (C=O) groups is 3. The molecule has 1 N–H and O–H groups in total. The number of methoxy groups -OCH3 is 1. The van der Waals surface area contributed by atoms with E-state index in [9.17, 15) is 18.8 Å². The third kappa shape index (κ3) is 5.13. The zero-order valence-corrected chi connectivity index (χ0v) is 17.1. The predicted octanol–water partition coefficient (Wildman–Crippen LogP) is 3.41. The number of hydrogen-bond donors (Lipinski definition) is 1. The summed E-state index contributed by atoms with van der Waals surface area (Å²) in [5, 5.41) is 2.49. The van der Waals surface area contributed by atoms with E-state index in [0.29, 0.717) is 36.3 Å². The van der Waals surface area contributed by atoms with E-state index in [4.69, 9.17) is 14.2 Å². The molecule has 0 radical (unpaired) electrons. The number of carbonyl (C=O) groups excluding carboxylic acids is 3. The van der Waals surface area contributed by atoms with Crippen molar-refractivity contribution in [3.05, 3.63) is 33.9 Å².